The highest BCUT2D eigenvalue weighted by Gasteiger charge is 2.35. The predicted molar refractivity (Wildman–Crippen MR) is 87.7 cm³/mol. The molecular weight excluding hydrogens is 260 g/mol. The number of nitrogens with one attached hydrogen (secondary N) is 1. The van der Waals surface area contributed by atoms with E-state index in [0.29, 0.717) is 6.04 Å². The van der Waals surface area contributed by atoms with Gasteiger partial charge in [-0.1, -0.05) is 37.5 Å². The lowest BCUT2D eigenvalue weighted by Crippen LogP contribution is -2.59. The van der Waals surface area contributed by atoms with Crippen LogP contribution in [0.2, 0.25) is 0 Å². The van der Waals surface area contributed by atoms with Crippen molar-refractivity contribution in [3.63, 3.8) is 0 Å². The van der Waals surface area contributed by atoms with Crippen molar-refractivity contribution in [2.75, 3.05) is 24.6 Å². The number of anilines is 1. The summed E-state index contributed by atoms with van der Waals surface area (Å²) in [5.41, 5.74) is 1.26. The van der Waals surface area contributed by atoms with Crippen molar-refractivity contribution in [3.8, 4) is 0 Å². The van der Waals surface area contributed by atoms with Gasteiger partial charge in [0, 0.05) is 30.4 Å². The monoisotopic (exact) mass is 288 g/mol. The van der Waals surface area contributed by atoms with Crippen molar-refractivity contribution in [2.45, 2.75) is 56.5 Å². The molecule has 1 aromatic rings. The van der Waals surface area contributed by atoms with Crippen LogP contribution in [0.4, 0.5) is 5.69 Å². The van der Waals surface area contributed by atoms with Gasteiger partial charge in [-0.3, -0.25) is 0 Å². The van der Waals surface area contributed by atoms with Crippen molar-refractivity contribution >= 4 is 5.69 Å². The van der Waals surface area contributed by atoms with Crippen LogP contribution in [-0.2, 0) is 0 Å². The molecule has 1 aliphatic heterocycles. The van der Waals surface area contributed by atoms with E-state index in [2.05, 4.69) is 40.5 Å². The SMILES string of the molecule is OCC1(NC2CCCCC2)CCN(c2ccccc2)CC1. The minimum Gasteiger partial charge on any atom is -0.394 e. The topological polar surface area (TPSA) is 35.5 Å². The van der Waals surface area contributed by atoms with Crippen molar-refractivity contribution in [3.05, 3.63) is 30.3 Å². The lowest BCUT2D eigenvalue weighted by Gasteiger charge is -2.45. The lowest BCUT2D eigenvalue weighted by atomic mass is 9.85. The Kier molecular flexibility index (Phi) is 4.81. The Balaban J connectivity index is 1.59. The Labute approximate surface area is 128 Å². The van der Waals surface area contributed by atoms with Crippen LogP contribution in [0.25, 0.3) is 0 Å². The second-order valence-corrected chi connectivity index (χ2v) is 6.74. The molecule has 1 saturated heterocycles. The van der Waals surface area contributed by atoms with E-state index in [1.807, 2.05) is 0 Å². The fourth-order valence-electron chi connectivity index (χ4n) is 3.86. The van der Waals surface area contributed by atoms with Gasteiger partial charge in [-0.15, -0.1) is 0 Å². The molecule has 1 aliphatic carbocycles. The number of piperidine rings is 1. The second-order valence-electron chi connectivity index (χ2n) is 6.74. The molecule has 3 nitrogen and oxygen atoms in total. The molecule has 0 amide bonds. The molecule has 0 unspecified atom stereocenters. The molecule has 0 radical (unpaired) electrons. The summed E-state index contributed by atoms with van der Waals surface area (Å²) < 4.78 is 0. The standard InChI is InChI=1S/C18H28N2O/c21-15-18(19-16-7-3-1-4-8-16)11-13-20(14-12-18)17-9-5-2-6-10-17/h2,5-6,9-10,16,19,21H,1,3-4,7-8,11-15H2. The molecule has 0 spiro atoms. The highest BCUT2D eigenvalue weighted by molar-refractivity contribution is 5.46. The molecule has 2 aliphatic rings. The second kappa shape index (κ2) is 6.80. The predicted octanol–water partition coefficient (Wildman–Crippen LogP) is 2.94. The molecule has 1 heterocycles. The number of aliphatic hydroxyl groups excluding tert-OH is 1. The third-order valence-electron chi connectivity index (χ3n) is 5.26. The summed E-state index contributed by atoms with van der Waals surface area (Å²) in [6.07, 6.45) is 8.70. The number of aliphatic hydroxyl groups is 1. The molecule has 116 valence electrons. The first kappa shape index (κ1) is 14.9. The van der Waals surface area contributed by atoms with Crippen molar-refractivity contribution < 1.29 is 5.11 Å². The Morgan fingerprint density at radius 1 is 1.05 bits per heavy atom. The molecule has 0 atom stereocenters. The number of benzene rings is 1. The van der Waals surface area contributed by atoms with Gasteiger partial charge in [0.2, 0.25) is 0 Å². The van der Waals surface area contributed by atoms with Crippen LogP contribution >= 0.6 is 0 Å². The first-order chi connectivity index (χ1) is 10.3. The van der Waals surface area contributed by atoms with E-state index in [9.17, 15) is 5.11 Å². The largest absolute Gasteiger partial charge is 0.394 e. The zero-order valence-electron chi connectivity index (χ0n) is 12.9. The van der Waals surface area contributed by atoms with Crippen LogP contribution in [0.15, 0.2) is 30.3 Å². The molecule has 2 fully saturated rings. The maximum atomic E-state index is 9.95. The van der Waals surface area contributed by atoms with E-state index >= 15 is 0 Å². The van der Waals surface area contributed by atoms with Crippen LogP contribution < -0.4 is 10.2 Å². The van der Waals surface area contributed by atoms with Crippen LogP contribution in [-0.4, -0.2) is 36.4 Å². The number of hydrogen-bond acceptors (Lipinski definition) is 3. The van der Waals surface area contributed by atoms with Crippen LogP contribution in [0.5, 0.6) is 0 Å². The van der Waals surface area contributed by atoms with Gasteiger partial charge >= 0.3 is 0 Å². The molecule has 0 aromatic heterocycles. The molecule has 2 N–H and O–H groups in total. The highest BCUT2D eigenvalue weighted by Crippen LogP contribution is 2.28. The maximum Gasteiger partial charge on any atom is 0.0614 e. The van der Waals surface area contributed by atoms with Gasteiger partial charge in [0.05, 0.1) is 6.61 Å². The summed E-state index contributed by atoms with van der Waals surface area (Å²) in [5.74, 6) is 0. The van der Waals surface area contributed by atoms with Crippen molar-refractivity contribution in [2.24, 2.45) is 0 Å². The number of para-hydroxylation sites is 1. The van der Waals surface area contributed by atoms with Gasteiger partial charge in [-0.2, -0.15) is 0 Å². The van der Waals surface area contributed by atoms with Gasteiger partial charge in [0.25, 0.3) is 0 Å². The molecule has 21 heavy (non-hydrogen) atoms. The van der Waals surface area contributed by atoms with Crippen LogP contribution in [0.1, 0.15) is 44.9 Å². The number of rotatable bonds is 4. The van der Waals surface area contributed by atoms with E-state index in [-0.39, 0.29) is 12.1 Å². The van der Waals surface area contributed by atoms with Gasteiger partial charge < -0.3 is 15.3 Å². The maximum absolute atomic E-state index is 9.95. The van der Waals surface area contributed by atoms with Crippen LogP contribution in [0, 0.1) is 0 Å². The number of nitrogens with zero attached hydrogens (tertiary/aromatic N) is 1. The lowest BCUT2D eigenvalue weighted by molar-refractivity contribution is 0.113. The average molecular weight is 288 g/mol. The van der Waals surface area contributed by atoms with Gasteiger partial charge in [0.1, 0.15) is 0 Å². The zero-order chi connectivity index (χ0) is 14.5. The summed E-state index contributed by atoms with van der Waals surface area (Å²) in [5, 5.41) is 13.8. The number of hydrogen-bond donors (Lipinski definition) is 2. The minimum absolute atomic E-state index is 0.0483. The van der Waals surface area contributed by atoms with E-state index in [4.69, 9.17) is 0 Å². The average Bonchev–Trinajstić information content (AvgIpc) is 2.57. The Morgan fingerprint density at radius 3 is 2.33 bits per heavy atom. The Morgan fingerprint density at radius 2 is 1.71 bits per heavy atom. The van der Waals surface area contributed by atoms with E-state index in [0.717, 1.165) is 25.9 Å². The summed E-state index contributed by atoms with van der Waals surface area (Å²) >= 11 is 0. The smallest absolute Gasteiger partial charge is 0.0614 e. The Hall–Kier alpha value is -1.06. The summed E-state index contributed by atoms with van der Waals surface area (Å²) in [7, 11) is 0. The fourth-order valence-corrected chi connectivity index (χ4v) is 3.86. The Bertz CT molecular complexity index is 420. The summed E-state index contributed by atoms with van der Waals surface area (Å²) in [6, 6.07) is 11.2. The quantitative estimate of drug-likeness (QED) is 0.894. The summed E-state index contributed by atoms with van der Waals surface area (Å²) in [4.78, 5) is 2.44. The van der Waals surface area contributed by atoms with Crippen molar-refractivity contribution in [1.82, 2.24) is 5.32 Å². The fraction of sp³-hybridized carbons (Fsp3) is 0.667. The van der Waals surface area contributed by atoms with Crippen molar-refractivity contribution in [1.29, 1.82) is 0 Å². The zero-order valence-corrected chi connectivity index (χ0v) is 12.9. The van der Waals surface area contributed by atoms with E-state index in [1.54, 1.807) is 0 Å². The normalized spacial score (nSPS) is 23.2. The molecule has 1 saturated carbocycles. The van der Waals surface area contributed by atoms with E-state index in [1.165, 1.54) is 37.8 Å². The molecular formula is C18H28N2O. The third kappa shape index (κ3) is 3.58. The molecule has 1 aromatic carbocycles. The highest BCUT2D eigenvalue weighted by atomic mass is 16.3. The first-order valence-electron chi connectivity index (χ1n) is 8.50. The third-order valence-corrected chi connectivity index (χ3v) is 5.26. The molecule has 3 heteroatoms. The minimum atomic E-state index is -0.0483. The van der Waals surface area contributed by atoms with Gasteiger partial charge in [-0.05, 0) is 37.8 Å². The first-order valence-corrected chi connectivity index (χ1v) is 8.50. The van der Waals surface area contributed by atoms with Gasteiger partial charge in [-0.25, -0.2) is 0 Å². The molecule has 3 rings (SSSR count). The van der Waals surface area contributed by atoms with Gasteiger partial charge in [0.15, 0.2) is 0 Å². The van der Waals surface area contributed by atoms with Crippen LogP contribution in [0.3, 0.4) is 0 Å². The summed E-state index contributed by atoms with van der Waals surface area (Å²) in [6.45, 7) is 2.33. The molecule has 0 bridgehead atoms. The van der Waals surface area contributed by atoms with E-state index < -0.39 is 0 Å².